The molecule has 0 aliphatic carbocycles. The van der Waals surface area contributed by atoms with Gasteiger partial charge in [0.25, 0.3) is 0 Å². The van der Waals surface area contributed by atoms with Gasteiger partial charge in [-0.2, -0.15) is 13.2 Å². The number of nitrogens with one attached hydrogen (secondary N) is 5. The Labute approximate surface area is 249 Å². The van der Waals surface area contributed by atoms with Crippen molar-refractivity contribution in [2.75, 3.05) is 25.0 Å². The first-order valence-corrected chi connectivity index (χ1v) is 13.6. The van der Waals surface area contributed by atoms with Crippen molar-refractivity contribution in [1.29, 1.82) is 0 Å². The van der Waals surface area contributed by atoms with E-state index in [4.69, 9.17) is 0 Å². The summed E-state index contributed by atoms with van der Waals surface area (Å²) in [5, 5.41) is 10.6. The number of aromatic nitrogens is 2. The van der Waals surface area contributed by atoms with Crippen LogP contribution in [0.1, 0.15) is 24.4 Å². The number of alkyl halides is 3. The number of rotatable bonds is 12. The molecular formula is C30H29F3N6O5. The van der Waals surface area contributed by atoms with Crippen LogP contribution in [0.15, 0.2) is 78.9 Å². The first-order valence-electron chi connectivity index (χ1n) is 13.6. The number of anilines is 1. The highest BCUT2D eigenvalue weighted by Gasteiger charge is 2.42. The average molecular weight is 611 g/mol. The number of hydrogen-bond acceptors (Lipinski definition) is 7. The number of ether oxygens (including phenoxy) is 1. The number of urea groups is 1. The molecule has 4 aromatic rings. The highest BCUT2D eigenvalue weighted by atomic mass is 19.4. The van der Waals surface area contributed by atoms with Crippen molar-refractivity contribution in [3.63, 3.8) is 0 Å². The molecule has 1 heterocycles. The number of amides is 3. The third-order valence-electron chi connectivity index (χ3n) is 6.29. The minimum absolute atomic E-state index is 0.288. The topological polar surface area (TPSA) is 154 Å². The van der Waals surface area contributed by atoms with E-state index in [1.807, 2.05) is 54.6 Å². The Bertz CT molecular complexity index is 1560. The minimum atomic E-state index is -5.35. The fourth-order valence-electron chi connectivity index (χ4n) is 4.16. The zero-order valence-electron chi connectivity index (χ0n) is 23.2. The van der Waals surface area contributed by atoms with Crippen LogP contribution >= 0.6 is 0 Å². The van der Waals surface area contributed by atoms with Crippen molar-refractivity contribution >= 4 is 40.9 Å². The largest absolute Gasteiger partial charge is 0.491 e. The van der Waals surface area contributed by atoms with Crippen LogP contribution in [0.4, 0.5) is 23.9 Å². The third-order valence-corrected chi connectivity index (χ3v) is 6.29. The van der Waals surface area contributed by atoms with Crippen molar-refractivity contribution in [1.82, 2.24) is 25.9 Å². The lowest BCUT2D eigenvalue weighted by Gasteiger charge is -2.19. The van der Waals surface area contributed by atoms with E-state index in [0.29, 0.717) is 24.5 Å². The van der Waals surface area contributed by atoms with Gasteiger partial charge < -0.3 is 31.0 Å². The molecular weight excluding hydrogens is 581 g/mol. The minimum Gasteiger partial charge on any atom is -0.386 e. The first kappa shape index (κ1) is 31.5. The molecule has 5 N–H and O–H groups in total. The van der Waals surface area contributed by atoms with Crippen molar-refractivity contribution < 1.29 is 37.1 Å². The zero-order chi connectivity index (χ0) is 31.5. The molecule has 0 saturated carbocycles. The van der Waals surface area contributed by atoms with Crippen LogP contribution in [0, 0.1) is 0 Å². The second-order valence-corrected chi connectivity index (χ2v) is 9.56. The molecule has 1 unspecified atom stereocenters. The molecule has 3 amide bonds. The van der Waals surface area contributed by atoms with Crippen molar-refractivity contribution in [2.24, 2.45) is 0 Å². The number of hydrogen-bond donors (Lipinski definition) is 5. The number of para-hydroxylation sites is 2. The van der Waals surface area contributed by atoms with E-state index in [9.17, 15) is 32.3 Å². The lowest BCUT2D eigenvalue weighted by Crippen LogP contribution is -2.43. The van der Waals surface area contributed by atoms with Crippen molar-refractivity contribution in [3.05, 3.63) is 84.4 Å². The number of H-pyrrole nitrogens is 1. The Hall–Kier alpha value is -5.40. The van der Waals surface area contributed by atoms with E-state index >= 15 is 0 Å². The molecule has 230 valence electrons. The normalized spacial score (nSPS) is 11.8. The molecule has 0 saturated heterocycles. The Balaban J connectivity index is 1.26. The molecule has 0 fully saturated rings. The molecule has 14 heteroatoms. The fourth-order valence-corrected chi connectivity index (χ4v) is 4.16. The number of imidazole rings is 1. The molecule has 3 aromatic carbocycles. The van der Waals surface area contributed by atoms with Crippen molar-refractivity contribution in [2.45, 2.75) is 25.1 Å². The standard InChI is InChI=1S/C30H29F3N6O5/c31-30(32,33)27(42)44-26(41)17-24(21-13-11-20(12-14-21)19-7-2-1-3-8-19)37-25(40)18-36-29(43)35-16-6-15-34-28-38-22-9-4-5-10-23(22)39-28/h1-5,7-14,24H,6,15-18H2,(H,37,40)(H2,34,38,39)(H2,35,36,43). The predicted molar refractivity (Wildman–Crippen MR) is 155 cm³/mol. The molecule has 4 rings (SSSR count). The number of esters is 2. The smallest absolute Gasteiger partial charge is 0.386 e. The summed E-state index contributed by atoms with van der Waals surface area (Å²) >= 11 is 0. The van der Waals surface area contributed by atoms with Gasteiger partial charge in [-0.1, -0.05) is 66.7 Å². The molecule has 11 nitrogen and oxygen atoms in total. The van der Waals surface area contributed by atoms with Gasteiger partial charge in [0.15, 0.2) is 0 Å². The SMILES string of the molecule is O=C(CNC(=O)NCCCNc1nc2ccccc2[nH]1)NC(CC(=O)OC(=O)C(F)(F)F)c1ccc(-c2ccccc2)cc1. The van der Waals surface area contributed by atoms with E-state index in [1.165, 1.54) is 0 Å². The van der Waals surface area contributed by atoms with Gasteiger partial charge in [0.2, 0.25) is 11.9 Å². The summed E-state index contributed by atoms with van der Waals surface area (Å²) in [5.41, 5.74) is 3.80. The monoisotopic (exact) mass is 610 g/mol. The van der Waals surface area contributed by atoms with Crippen molar-refractivity contribution in [3.8, 4) is 11.1 Å². The molecule has 0 bridgehead atoms. The molecule has 0 radical (unpaired) electrons. The maximum Gasteiger partial charge on any atom is 0.491 e. The zero-order valence-corrected chi connectivity index (χ0v) is 23.2. The van der Waals surface area contributed by atoms with Crippen LogP contribution in [-0.2, 0) is 19.1 Å². The molecule has 0 aliphatic rings. The van der Waals surface area contributed by atoms with E-state index in [-0.39, 0.29) is 6.54 Å². The number of aromatic amines is 1. The van der Waals surface area contributed by atoms with Crippen LogP contribution in [0.25, 0.3) is 22.2 Å². The predicted octanol–water partition coefficient (Wildman–Crippen LogP) is 4.21. The maximum absolute atomic E-state index is 12.6. The summed E-state index contributed by atoms with van der Waals surface area (Å²) < 4.78 is 41.6. The highest BCUT2D eigenvalue weighted by molar-refractivity contribution is 5.89. The summed E-state index contributed by atoms with van der Waals surface area (Å²) in [6.45, 7) is 0.312. The van der Waals surface area contributed by atoms with E-state index in [0.717, 1.165) is 22.2 Å². The average Bonchev–Trinajstić information content (AvgIpc) is 3.42. The van der Waals surface area contributed by atoms with Gasteiger partial charge >= 0.3 is 24.1 Å². The quantitative estimate of drug-likeness (QED) is 0.0915. The number of carbonyl (C=O) groups is 4. The van der Waals surface area contributed by atoms with E-state index in [2.05, 4.69) is 36.0 Å². The van der Waals surface area contributed by atoms with Crippen LogP contribution in [-0.4, -0.2) is 59.7 Å². The van der Waals surface area contributed by atoms with Gasteiger partial charge in [0.05, 0.1) is 30.0 Å². The van der Waals surface area contributed by atoms with E-state index in [1.54, 1.807) is 24.3 Å². The molecule has 0 spiro atoms. The second-order valence-electron chi connectivity index (χ2n) is 9.56. The lowest BCUT2D eigenvalue weighted by atomic mass is 9.99. The van der Waals surface area contributed by atoms with Crippen LogP contribution < -0.4 is 21.3 Å². The molecule has 0 aliphatic heterocycles. The van der Waals surface area contributed by atoms with Gasteiger partial charge in [-0.05, 0) is 35.2 Å². The second kappa shape index (κ2) is 14.7. The Kier molecular flexibility index (Phi) is 10.5. The maximum atomic E-state index is 12.6. The fraction of sp³-hybridized carbons (Fsp3) is 0.233. The third kappa shape index (κ3) is 9.31. The Morgan fingerprint density at radius 1 is 0.841 bits per heavy atom. The number of halogens is 3. The lowest BCUT2D eigenvalue weighted by molar-refractivity contribution is -0.202. The van der Waals surface area contributed by atoms with Crippen LogP contribution in [0.2, 0.25) is 0 Å². The van der Waals surface area contributed by atoms with Gasteiger partial charge in [-0.15, -0.1) is 0 Å². The van der Waals surface area contributed by atoms with E-state index < -0.39 is 49.1 Å². The number of benzene rings is 3. The van der Waals surface area contributed by atoms with Gasteiger partial charge in [0, 0.05) is 13.1 Å². The van der Waals surface area contributed by atoms with Crippen LogP contribution in [0.3, 0.4) is 0 Å². The van der Waals surface area contributed by atoms with Gasteiger partial charge in [-0.25, -0.2) is 14.6 Å². The Morgan fingerprint density at radius 2 is 1.52 bits per heavy atom. The molecule has 1 aromatic heterocycles. The van der Waals surface area contributed by atoms with Crippen LogP contribution in [0.5, 0.6) is 0 Å². The summed E-state index contributed by atoms with van der Waals surface area (Å²) in [5.74, 6) is -4.26. The highest BCUT2D eigenvalue weighted by Crippen LogP contribution is 2.24. The summed E-state index contributed by atoms with van der Waals surface area (Å²) in [7, 11) is 0. The molecule has 44 heavy (non-hydrogen) atoms. The van der Waals surface area contributed by atoms with Gasteiger partial charge in [0.1, 0.15) is 0 Å². The summed E-state index contributed by atoms with van der Waals surface area (Å²) in [6.07, 6.45) is -5.56. The summed E-state index contributed by atoms with van der Waals surface area (Å²) in [6, 6.07) is 21.7. The van der Waals surface area contributed by atoms with Gasteiger partial charge in [-0.3, -0.25) is 9.59 Å². The summed E-state index contributed by atoms with van der Waals surface area (Å²) in [4.78, 5) is 55.6. The Morgan fingerprint density at radius 3 is 2.23 bits per heavy atom. The number of carbonyl (C=O) groups excluding carboxylic acids is 4. The first-order chi connectivity index (χ1) is 21.1. The molecule has 1 atom stereocenters. The number of nitrogens with zero attached hydrogens (tertiary/aromatic N) is 1. The number of fused-ring (bicyclic) bond motifs is 1.